The van der Waals surface area contributed by atoms with Gasteiger partial charge in [-0.25, -0.2) is 0 Å². The van der Waals surface area contributed by atoms with Crippen LogP contribution in [0, 0.1) is 5.92 Å². The number of carbonyl (C=O) groups excluding carboxylic acids is 2. The van der Waals surface area contributed by atoms with Crippen LogP contribution in [0.25, 0.3) is 0 Å². The summed E-state index contributed by atoms with van der Waals surface area (Å²) in [6.45, 7) is 6.71. The van der Waals surface area contributed by atoms with Crippen LogP contribution in [0.4, 0.5) is 0 Å². The van der Waals surface area contributed by atoms with Crippen LogP contribution in [0.3, 0.4) is 0 Å². The summed E-state index contributed by atoms with van der Waals surface area (Å²) >= 11 is 4.19. The second-order valence-electron chi connectivity index (χ2n) is 4.58. The summed E-state index contributed by atoms with van der Waals surface area (Å²) in [5.74, 6) is 0.744. The van der Waals surface area contributed by atoms with Crippen molar-refractivity contribution in [3.8, 4) is 0 Å². The van der Waals surface area contributed by atoms with Crippen molar-refractivity contribution in [1.29, 1.82) is 0 Å². The molecule has 4 nitrogen and oxygen atoms in total. The van der Waals surface area contributed by atoms with Gasteiger partial charge in [0.15, 0.2) is 0 Å². The van der Waals surface area contributed by atoms with Gasteiger partial charge in [-0.3, -0.25) is 9.59 Å². The highest BCUT2D eigenvalue weighted by Crippen LogP contribution is 2.12. The van der Waals surface area contributed by atoms with Gasteiger partial charge < -0.3 is 9.80 Å². The Bertz CT molecular complexity index is 284. The second kappa shape index (κ2) is 6.89. The number of hydrogen-bond donors (Lipinski definition) is 1. The summed E-state index contributed by atoms with van der Waals surface area (Å²) in [5.41, 5.74) is 0. The van der Waals surface area contributed by atoms with E-state index in [-0.39, 0.29) is 11.8 Å². The summed E-state index contributed by atoms with van der Waals surface area (Å²) in [6.07, 6.45) is 2.01. The molecule has 0 aliphatic carbocycles. The average molecular weight is 258 g/mol. The molecule has 1 rings (SSSR count). The Morgan fingerprint density at radius 1 is 1.18 bits per heavy atom. The molecule has 0 saturated carbocycles. The van der Waals surface area contributed by atoms with Crippen molar-refractivity contribution in [2.75, 3.05) is 31.9 Å². The molecule has 1 unspecified atom stereocenters. The molecule has 2 amide bonds. The lowest BCUT2D eigenvalue weighted by Gasteiger charge is -2.33. The quantitative estimate of drug-likeness (QED) is 0.571. The van der Waals surface area contributed by atoms with Gasteiger partial charge in [0.2, 0.25) is 0 Å². The van der Waals surface area contributed by atoms with E-state index in [1.807, 2.05) is 6.92 Å². The molecule has 1 aliphatic rings. The minimum atomic E-state index is -0.347. The Hall–Kier alpha value is -0.710. The van der Waals surface area contributed by atoms with Crippen LogP contribution in [-0.4, -0.2) is 53.5 Å². The maximum atomic E-state index is 11.8. The maximum Gasteiger partial charge on any atom is 0.312 e. The van der Waals surface area contributed by atoms with E-state index >= 15 is 0 Å². The lowest BCUT2D eigenvalue weighted by atomic mass is 10.0. The summed E-state index contributed by atoms with van der Waals surface area (Å²) in [4.78, 5) is 26.7. The van der Waals surface area contributed by atoms with Crippen molar-refractivity contribution >= 4 is 24.4 Å². The van der Waals surface area contributed by atoms with Gasteiger partial charge >= 0.3 is 11.8 Å². The van der Waals surface area contributed by atoms with Crippen molar-refractivity contribution in [2.24, 2.45) is 5.92 Å². The van der Waals surface area contributed by atoms with E-state index in [2.05, 4.69) is 19.6 Å². The molecule has 0 N–H and O–H groups in total. The first kappa shape index (κ1) is 14.4. The van der Waals surface area contributed by atoms with E-state index in [4.69, 9.17) is 0 Å². The zero-order valence-electron chi connectivity index (χ0n) is 10.7. The zero-order valence-corrected chi connectivity index (χ0v) is 11.6. The standard InChI is InChI=1S/C12H22N2O2S/c1-3-13-7-8-14(12(16)11(13)15)6-4-10(2)5-9-17/h10,17H,3-9H2,1-2H3. The molecule has 1 atom stereocenters. The molecule has 1 fully saturated rings. The fraction of sp³-hybridized carbons (Fsp3) is 0.833. The number of piperazine rings is 1. The van der Waals surface area contributed by atoms with Crippen molar-refractivity contribution in [2.45, 2.75) is 26.7 Å². The normalized spacial score (nSPS) is 18.8. The number of rotatable bonds is 6. The number of thiol groups is 1. The van der Waals surface area contributed by atoms with E-state index in [0.717, 1.165) is 18.6 Å². The molecule has 0 aromatic rings. The summed E-state index contributed by atoms with van der Waals surface area (Å²) in [5, 5.41) is 0. The van der Waals surface area contributed by atoms with Crippen LogP contribution in [0.2, 0.25) is 0 Å². The van der Waals surface area contributed by atoms with Gasteiger partial charge in [0.25, 0.3) is 0 Å². The van der Waals surface area contributed by atoms with Crippen LogP contribution in [0.5, 0.6) is 0 Å². The summed E-state index contributed by atoms with van der Waals surface area (Å²) < 4.78 is 0. The third-order valence-electron chi connectivity index (χ3n) is 3.29. The van der Waals surface area contributed by atoms with Gasteiger partial charge in [0.1, 0.15) is 0 Å². The summed E-state index contributed by atoms with van der Waals surface area (Å²) in [7, 11) is 0. The number of amides is 2. The highest BCUT2D eigenvalue weighted by molar-refractivity contribution is 7.80. The van der Waals surface area contributed by atoms with Gasteiger partial charge in [-0.1, -0.05) is 6.92 Å². The van der Waals surface area contributed by atoms with Crippen molar-refractivity contribution in [3.63, 3.8) is 0 Å². The lowest BCUT2D eigenvalue weighted by Crippen LogP contribution is -2.54. The molecule has 98 valence electrons. The average Bonchev–Trinajstić information content (AvgIpc) is 2.31. The van der Waals surface area contributed by atoms with Crippen molar-refractivity contribution in [1.82, 2.24) is 9.80 Å². The predicted molar refractivity (Wildman–Crippen MR) is 71.1 cm³/mol. The van der Waals surface area contributed by atoms with Crippen LogP contribution in [-0.2, 0) is 9.59 Å². The van der Waals surface area contributed by atoms with E-state index < -0.39 is 0 Å². The number of carbonyl (C=O) groups is 2. The Labute approximate surface area is 109 Å². The van der Waals surface area contributed by atoms with E-state index in [0.29, 0.717) is 32.1 Å². The monoisotopic (exact) mass is 258 g/mol. The first-order valence-electron chi connectivity index (χ1n) is 6.29. The highest BCUT2D eigenvalue weighted by atomic mass is 32.1. The fourth-order valence-electron chi connectivity index (χ4n) is 1.97. The Kier molecular flexibility index (Phi) is 5.82. The molecule has 0 aromatic heterocycles. The molecule has 1 aliphatic heterocycles. The molecule has 0 radical (unpaired) electrons. The first-order chi connectivity index (χ1) is 8.10. The first-order valence-corrected chi connectivity index (χ1v) is 6.92. The van der Waals surface area contributed by atoms with Gasteiger partial charge in [-0.15, -0.1) is 0 Å². The fourth-order valence-corrected chi connectivity index (χ4v) is 2.41. The molecule has 1 heterocycles. The minimum absolute atomic E-state index is 0.337. The number of nitrogens with zero attached hydrogens (tertiary/aromatic N) is 2. The molecule has 0 spiro atoms. The van der Waals surface area contributed by atoms with Crippen LogP contribution in [0.15, 0.2) is 0 Å². The Morgan fingerprint density at radius 2 is 1.76 bits per heavy atom. The van der Waals surface area contributed by atoms with Crippen LogP contribution in [0.1, 0.15) is 26.7 Å². The minimum Gasteiger partial charge on any atom is -0.333 e. The van der Waals surface area contributed by atoms with E-state index in [9.17, 15) is 9.59 Å². The van der Waals surface area contributed by atoms with Crippen molar-refractivity contribution < 1.29 is 9.59 Å². The predicted octanol–water partition coefficient (Wildman–Crippen LogP) is 1.02. The number of likely N-dealkylation sites (N-methyl/N-ethyl adjacent to an activating group) is 1. The van der Waals surface area contributed by atoms with E-state index in [1.54, 1.807) is 9.80 Å². The lowest BCUT2D eigenvalue weighted by molar-refractivity contribution is -0.155. The van der Waals surface area contributed by atoms with E-state index in [1.165, 1.54) is 0 Å². The van der Waals surface area contributed by atoms with Crippen LogP contribution >= 0.6 is 12.6 Å². The van der Waals surface area contributed by atoms with Crippen LogP contribution < -0.4 is 0 Å². The highest BCUT2D eigenvalue weighted by Gasteiger charge is 2.31. The zero-order chi connectivity index (χ0) is 12.8. The molecule has 0 bridgehead atoms. The number of hydrogen-bond acceptors (Lipinski definition) is 3. The SMILES string of the molecule is CCN1CCN(CCC(C)CCS)C(=O)C1=O. The Balaban J connectivity index is 2.41. The van der Waals surface area contributed by atoms with Gasteiger partial charge in [0.05, 0.1) is 0 Å². The second-order valence-corrected chi connectivity index (χ2v) is 5.03. The third kappa shape index (κ3) is 3.91. The molecule has 5 heteroatoms. The molecule has 1 saturated heterocycles. The topological polar surface area (TPSA) is 40.6 Å². The van der Waals surface area contributed by atoms with Gasteiger partial charge in [-0.05, 0) is 31.4 Å². The third-order valence-corrected chi connectivity index (χ3v) is 3.55. The molecular weight excluding hydrogens is 236 g/mol. The Morgan fingerprint density at radius 3 is 2.35 bits per heavy atom. The van der Waals surface area contributed by atoms with Gasteiger partial charge in [-0.2, -0.15) is 12.6 Å². The van der Waals surface area contributed by atoms with Crippen molar-refractivity contribution in [3.05, 3.63) is 0 Å². The largest absolute Gasteiger partial charge is 0.333 e. The smallest absolute Gasteiger partial charge is 0.312 e. The molecular formula is C12H22N2O2S. The molecule has 17 heavy (non-hydrogen) atoms. The maximum absolute atomic E-state index is 11.8. The van der Waals surface area contributed by atoms with Gasteiger partial charge in [0, 0.05) is 26.2 Å². The molecule has 0 aromatic carbocycles. The summed E-state index contributed by atoms with van der Waals surface area (Å²) in [6, 6.07) is 0.